The van der Waals surface area contributed by atoms with E-state index in [-0.39, 0.29) is 5.91 Å². The number of amides is 1. The van der Waals surface area contributed by atoms with Crippen LogP contribution in [0.1, 0.15) is 0 Å². The second-order valence-electron chi connectivity index (χ2n) is 6.61. The maximum atomic E-state index is 12.4. The summed E-state index contributed by atoms with van der Waals surface area (Å²) in [4.78, 5) is 16.9. The van der Waals surface area contributed by atoms with Crippen LogP contribution in [-0.4, -0.2) is 64.9 Å². The second-order valence-corrected chi connectivity index (χ2v) is 6.61. The fraction of sp³-hybridized carbons (Fsp3) is 0.381. The molecule has 2 aromatic rings. The van der Waals surface area contributed by atoms with Crippen LogP contribution in [0.4, 0.5) is 11.4 Å². The van der Waals surface area contributed by atoms with Gasteiger partial charge in [-0.05, 0) is 24.3 Å². The molecule has 3 rings (SSSR count). The van der Waals surface area contributed by atoms with Crippen LogP contribution in [0, 0.1) is 0 Å². The number of carbonyl (C=O) groups excluding carboxylic acids is 1. The first kappa shape index (κ1) is 19.8. The summed E-state index contributed by atoms with van der Waals surface area (Å²) < 4.78 is 15.7. The molecular weight excluding hydrogens is 358 g/mol. The van der Waals surface area contributed by atoms with Gasteiger partial charge in [-0.25, -0.2) is 0 Å². The zero-order chi connectivity index (χ0) is 19.9. The van der Waals surface area contributed by atoms with Gasteiger partial charge < -0.3 is 24.4 Å². The maximum absolute atomic E-state index is 12.4. The lowest BCUT2D eigenvalue weighted by Gasteiger charge is -2.35. The normalized spacial score (nSPS) is 14.5. The van der Waals surface area contributed by atoms with Gasteiger partial charge in [0.25, 0.3) is 0 Å². The van der Waals surface area contributed by atoms with E-state index in [4.69, 9.17) is 14.2 Å². The van der Waals surface area contributed by atoms with Gasteiger partial charge in [0, 0.05) is 55.8 Å². The smallest absolute Gasteiger partial charge is 0.238 e. The predicted octanol–water partition coefficient (Wildman–Crippen LogP) is 2.47. The predicted molar refractivity (Wildman–Crippen MR) is 110 cm³/mol. The SMILES string of the molecule is COc1ccc(N2CCN(CC(=O)Nc3cc(OC)cc(OC)c3)CC2)cc1. The zero-order valence-corrected chi connectivity index (χ0v) is 16.6. The lowest BCUT2D eigenvalue weighted by atomic mass is 10.2. The van der Waals surface area contributed by atoms with Crippen molar-refractivity contribution in [3.63, 3.8) is 0 Å². The molecule has 7 nitrogen and oxygen atoms in total. The van der Waals surface area contributed by atoms with Crippen LogP contribution in [0.15, 0.2) is 42.5 Å². The summed E-state index contributed by atoms with van der Waals surface area (Å²) in [7, 11) is 4.84. The van der Waals surface area contributed by atoms with Gasteiger partial charge in [-0.1, -0.05) is 0 Å². The van der Waals surface area contributed by atoms with Crippen LogP contribution in [0.3, 0.4) is 0 Å². The highest BCUT2D eigenvalue weighted by molar-refractivity contribution is 5.92. The summed E-state index contributed by atoms with van der Waals surface area (Å²) in [6, 6.07) is 13.4. The summed E-state index contributed by atoms with van der Waals surface area (Å²) in [5.74, 6) is 2.09. The van der Waals surface area contributed by atoms with E-state index >= 15 is 0 Å². The monoisotopic (exact) mass is 385 g/mol. The average Bonchev–Trinajstić information content (AvgIpc) is 2.74. The molecule has 150 valence electrons. The van der Waals surface area contributed by atoms with E-state index in [9.17, 15) is 4.79 Å². The minimum atomic E-state index is -0.0480. The number of rotatable bonds is 7. The molecule has 0 bridgehead atoms. The zero-order valence-electron chi connectivity index (χ0n) is 16.6. The topological polar surface area (TPSA) is 63.3 Å². The van der Waals surface area contributed by atoms with Gasteiger partial charge >= 0.3 is 0 Å². The fourth-order valence-electron chi connectivity index (χ4n) is 3.24. The lowest BCUT2D eigenvalue weighted by molar-refractivity contribution is -0.117. The average molecular weight is 385 g/mol. The Morgan fingerprint density at radius 1 is 0.857 bits per heavy atom. The number of piperazine rings is 1. The van der Waals surface area contributed by atoms with E-state index in [0.717, 1.165) is 31.9 Å². The molecule has 1 aliphatic rings. The summed E-state index contributed by atoms with van der Waals surface area (Å²) in [5.41, 5.74) is 1.84. The Balaban J connectivity index is 1.51. The van der Waals surface area contributed by atoms with Crippen molar-refractivity contribution >= 4 is 17.3 Å². The molecule has 1 aliphatic heterocycles. The summed E-state index contributed by atoms with van der Waals surface area (Å²) >= 11 is 0. The van der Waals surface area contributed by atoms with Crippen molar-refractivity contribution in [1.29, 1.82) is 0 Å². The number of benzene rings is 2. The molecular formula is C21H27N3O4. The summed E-state index contributed by atoms with van der Waals surface area (Å²) in [6.45, 7) is 3.79. The van der Waals surface area contributed by atoms with E-state index in [0.29, 0.717) is 23.7 Å². The molecule has 0 spiro atoms. The first-order valence-corrected chi connectivity index (χ1v) is 9.25. The van der Waals surface area contributed by atoms with Crippen molar-refractivity contribution in [3.05, 3.63) is 42.5 Å². The first-order valence-electron chi connectivity index (χ1n) is 9.25. The molecule has 1 saturated heterocycles. The van der Waals surface area contributed by atoms with Crippen molar-refractivity contribution in [2.24, 2.45) is 0 Å². The Kier molecular flexibility index (Phi) is 6.60. The van der Waals surface area contributed by atoms with Crippen molar-refractivity contribution < 1.29 is 19.0 Å². The molecule has 0 aromatic heterocycles. The maximum Gasteiger partial charge on any atom is 0.238 e. The molecule has 2 aromatic carbocycles. The molecule has 1 fully saturated rings. The Bertz CT molecular complexity index is 764. The van der Waals surface area contributed by atoms with Gasteiger partial charge in [0.05, 0.1) is 27.9 Å². The Morgan fingerprint density at radius 3 is 1.96 bits per heavy atom. The summed E-state index contributed by atoms with van der Waals surface area (Å²) in [5, 5.41) is 2.93. The van der Waals surface area contributed by atoms with E-state index in [1.807, 2.05) is 12.1 Å². The van der Waals surface area contributed by atoms with Crippen LogP contribution in [0.25, 0.3) is 0 Å². The van der Waals surface area contributed by atoms with E-state index < -0.39 is 0 Å². The Morgan fingerprint density at radius 2 is 1.43 bits per heavy atom. The molecule has 0 atom stereocenters. The molecule has 1 heterocycles. The third kappa shape index (κ3) is 5.07. The Labute approximate surface area is 165 Å². The summed E-state index contributed by atoms with van der Waals surface area (Å²) in [6.07, 6.45) is 0. The first-order chi connectivity index (χ1) is 13.6. The van der Waals surface area contributed by atoms with Gasteiger partial charge in [0.15, 0.2) is 0 Å². The van der Waals surface area contributed by atoms with Crippen LogP contribution < -0.4 is 24.4 Å². The molecule has 7 heteroatoms. The number of ether oxygens (including phenoxy) is 3. The van der Waals surface area contributed by atoms with Gasteiger partial charge in [-0.3, -0.25) is 9.69 Å². The highest BCUT2D eigenvalue weighted by atomic mass is 16.5. The van der Waals surface area contributed by atoms with Gasteiger partial charge in [0.2, 0.25) is 5.91 Å². The molecule has 0 unspecified atom stereocenters. The van der Waals surface area contributed by atoms with Gasteiger partial charge in [-0.2, -0.15) is 0 Å². The number of nitrogens with zero attached hydrogens (tertiary/aromatic N) is 2. The van der Waals surface area contributed by atoms with Crippen molar-refractivity contribution in [2.75, 3.05) is 64.3 Å². The lowest BCUT2D eigenvalue weighted by Crippen LogP contribution is -2.48. The van der Waals surface area contributed by atoms with Crippen molar-refractivity contribution in [1.82, 2.24) is 4.90 Å². The third-order valence-electron chi connectivity index (χ3n) is 4.81. The largest absolute Gasteiger partial charge is 0.497 e. The van der Waals surface area contributed by atoms with Crippen molar-refractivity contribution in [2.45, 2.75) is 0 Å². The van der Waals surface area contributed by atoms with E-state index in [2.05, 4.69) is 27.2 Å². The van der Waals surface area contributed by atoms with Crippen LogP contribution in [0.5, 0.6) is 17.2 Å². The standard InChI is InChI=1S/C21H27N3O4/c1-26-18-6-4-17(5-7-18)24-10-8-23(9-11-24)15-21(25)22-16-12-19(27-2)14-20(13-16)28-3/h4-7,12-14H,8-11,15H2,1-3H3,(H,22,25). The number of methoxy groups -OCH3 is 3. The molecule has 1 N–H and O–H groups in total. The van der Waals surface area contributed by atoms with E-state index in [1.165, 1.54) is 5.69 Å². The molecule has 1 amide bonds. The van der Waals surface area contributed by atoms with Crippen LogP contribution in [-0.2, 0) is 4.79 Å². The minimum Gasteiger partial charge on any atom is -0.497 e. The fourth-order valence-corrected chi connectivity index (χ4v) is 3.24. The highest BCUT2D eigenvalue weighted by Gasteiger charge is 2.19. The highest BCUT2D eigenvalue weighted by Crippen LogP contribution is 2.26. The van der Waals surface area contributed by atoms with E-state index in [1.54, 1.807) is 39.5 Å². The van der Waals surface area contributed by atoms with Crippen molar-refractivity contribution in [3.8, 4) is 17.2 Å². The quantitative estimate of drug-likeness (QED) is 0.790. The number of carbonyl (C=O) groups is 1. The Hall–Kier alpha value is -2.93. The minimum absolute atomic E-state index is 0.0480. The van der Waals surface area contributed by atoms with Gasteiger partial charge in [0.1, 0.15) is 17.2 Å². The number of nitrogens with one attached hydrogen (secondary N) is 1. The second kappa shape index (κ2) is 9.32. The number of anilines is 2. The van der Waals surface area contributed by atoms with Gasteiger partial charge in [-0.15, -0.1) is 0 Å². The van der Waals surface area contributed by atoms with Crippen LogP contribution >= 0.6 is 0 Å². The molecule has 28 heavy (non-hydrogen) atoms. The molecule has 0 aliphatic carbocycles. The van der Waals surface area contributed by atoms with Crippen LogP contribution in [0.2, 0.25) is 0 Å². The number of hydrogen-bond acceptors (Lipinski definition) is 6. The molecule has 0 radical (unpaired) electrons. The molecule has 0 saturated carbocycles. The number of hydrogen-bond donors (Lipinski definition) is 1. The third-order valence-corrected chi connectivity index (χ3v) is 4.81.